The van der Waals surface area contributed by atoms with Crippen molar-refractivity contribution in [2.24, 2.45) is 17.1 Å². The lowest BCUT2D eigenvalue weighted by molar-refractivity contribution is 0.0630. The molecule has 1 heterocycles. The van der Waals surface area contributed by atoms with Crippen molar-refractivity contribution in [1.82, 2.24) is 15.5 Å². The Balaban J connectivity index is 1.86. The number of nitrogens with one attached hydrogen (secondary N) is 3. The number of aromatic nitrogens is 2. The van der Waals surface area contributed by atoms with Gasteiger partial charge >= 0.3 is 0 Å². The molecule has 3 rings (SSSR count). The highest BCUT2D eigenvalue weighted by Crippen LogP contribution is 2.70. The molecule has 2 unspecified atom stereocenters. The average Bonchev–Trinajstić information content (AvgIpc) is 2.77. The minimum atomic E-state index is -2.70. The molecule has 1 aromatic rings. The van der Waals surface area contributed by atoms with Gasteiger partial charge in [-0.2, -0.15) is 5.10 Å². The molecule has 0 spiro atoms. The molecule has 0 aromatic carbocycles. The van der Waals surface area contributed by atoms with Gasteiger partial charge < -0.3 is 16.5 Å². The van der Waals surface area contributed by atoms with E-state index in [2.05, 4.69) is 15.5 Å². The lowest BCUT2D eigenvalue weighted by atomic mass is 9.87. The minimum Gasteiger partial charge on any atom is -0.403 e. The van der Waals surface area contributed by atoms with Crippen LogP contribution in [0.15, 0.2) is 11.9 Å². The zero-order chi connectivity index (χ0) is 15.4. The summed E-state index contributed by atoms with van der Waals surface area (Å²) in [6.45, 7) is 1.56. The van der Waals surface area contributed by atoms with Gasteiger partial charge in [0, 0.05) is 41.4 Å². The maximum absolute atomic E-state index is 13.8. The highest BCUT2D eigenvalue weighted by Gasteiger charge is 2.78. The standard InChI is InChI=1S/C13H15F2N5O/c1-12-3-8-7(2-9(12)13(12,14)15)10(20-19-8)11(21)18-6(4-16)5-17/h4-5,9,16H,2-3,17H2,1H3,(H,18,21)(H,19,20)/b6-5+,16-4?. The largest absolute Gasteiger partial charge is 0.403 e. The molecule has 1 saturated carbocycles. The number of aromatic amines is 1. The smallest absolute Gasteiger partial charge is 0.276 e. The Bertz CT molecular complexity index is 666. The zero-order valence-electron chi connectivity index (χ0n) is 11.3. The summed E-state index contributed by atoms with van der Waals surface area (Å²) in [6.07, 6.45) is 2.29. The molecule has 2 aliphatic rings. The molecule has 1 amide bonds. The Morgan fingerprint density at radius 3 is 2.95 bits per heavy atom. The lowest BCUT2D eigenvalue weighted by Gasteiger charge is -2.15. The molecule has 2 aliphatic carbocycles. The van der Waals surface area contributed by atoms with Gasteiger partial charge in [-0.3, -0.25) is 9.89 Å². The summed E-state index contributed by atoms with van der Waals surface area (Å²) in [5.74, 6) is -3.99. The Kier molecular flexibility index (Phi) is 2.69. The van der Waals surface area contributed by atoms with E-state index in [1.54, 1.807) is 6.92 Å². The number of rotatable bonds is 3. The van der Waals surface area contributed by atoms with E-state index in [0.29, 0.717) is 11.3 Å². The van der Waals surface area contributed by atoms with E-state index in [1.165, 1.54) is 0 Å². The summed E-state index contributed by atoms with van der Waals surface area (Å²) >= 11 is 0. The first-order chi connectivity index (χ1) is 9.85. The van der Waals surface area contributed by atoms with Crippen LogP contribution in [0.25, 0.3) is 0 Å². The van der Waals surface area contributed by atoms with E-state index >= 15 is 0 Å². The van der Waals surface area contributed by atoms with Gasteiger partial charge in [0.05, 0.1) is 5.70 Å². The molecule has 0 saturated heterocycles. The van der Waals surface area contributed by atoms with Crippen LogP contribution in [0.3, 0.4) is 0 Å². The van der Waals surface area contributed by atoms with Crippen LogP contribution in [0.4, 0.5) is 8.78 Å². The first kappa shape index (κ1) is 13.7. The van der Waals surface area contributed by atoms with E-state index < -0.39 is 23.2 Å². The van der Waals surface area contributed by atoms with E-state index in [-0.39, 0.29) is 24.2 Å². The number of fused-ring (bicyclic) bond motifs is 2. The van der Waals surface area contributed by atoms with Gasteiger partial charge in [0.25, 0.3) is 11.8 Å². The second-order valence-electron chi connectivity index (χ2n) is 5.72. The quantitative estimate of drug-likeness (QED) is 0.624. The maximum Gasteiger partial charge on any atom is 0.276 e. The molecule has 0 bridgehead atoms. The lowest BCUT2D eigenvalue weighted by Crippen LogP contribution is -2.26. The van der Waals surface area contributed by atoms with Gasteiger partial charge in [-0.25, -0.2) is 8.78 Å². The number of carbonyl (C=O) groups excluding carboxylic acids is 1. The van der Waals surface area contributed by atoms with E-state index in [1.807, 2.05) is 0 Å². The van der Waals surface area contributed by atoms with Crippen molar-refractivity contribution < 1.29 is 13.6 Å². The molecule has 6 nitrogen and oxygen atoms in total. The predicted octanol–water partition coefficient (Wildman–Crippen LogP) is 0.959. The van der Waals surface area contributed by atoms with E-state index in [9.17, 15) is 13.6 Å². The summed E-state index contributed by atoms with van der Waals surface area (Å²) in [5, 5.41) is 16.1. The van der Waals surface area contributed by atoms with Crippen LogP contribution in [0.2, 0.25) is 0 Å². The number of nitrogens with zero attached hydrogens (tertiary/aromatic N) is 1. The van der Waals surface area contributed by atoms with Gasteiger partial charge in [-0.1, -0.05) is 6.92 Å². The fourth-order valence-electron chi connectivity index (χ4n) is 3.11. The van der Waals surface area contributed by atoms with Gasteiger partial charge in [-0.15, -0.1) is 0 Å². The third-order valence-corrected chi connectivity index (χ3v) is 4.60. The highest BCUT2D eigenvalue weighted by atomic mass is 19.3. The van der Waals surface area contributed by atoms with Crippen LogP contribution in [-0.4, -0.2) is 28.2 Å². The zero-order valence-corrected chi connectivity index (χ0v) is 11.3. The molecular formula is C13H15F2N5O. The summed E-state index contributed by atoms with van der Waals surface area (Å²) in [5.41, 5.74) is 5.55. The number of alkyl halides is 2. The third-order valence-electron chi connectivity index (χ3n) is 4.60. The Morgan fingerprint density at radius 1 is 1.62 bits per heavy atom. The third kappa shape index (κ3) is 1.71. The molecule has 21 heavy (non-hydrogen) atoms. The van der Waals surface area contributed by atoms with Gasteiger partial charge in [0.15, 0.2) is 5.69 Å². The van der Waals surface area contributed by atoms with E-state index in [0.717, 1.165) is 12.4 Å². The average molecular weight is 295 g/mol. The molecule has 0 radical (unpaired) electrons. The van der Waals surface area contributed by atoms with Crippen molar-refractivity contribution in [2.75, 3.05) is 0 Å². The van der Waals surface area contributed by atoms with E-state index in [4.69, 9.17) is 11.1 Å². The summed E-state index contributed by atoms with van der Waals surface area (Å²) in [7, 11) is 0. The fraction of sp³-hybridized carbons (Fsp3) is 0.462. The highest BCUT2D eigenvalue weighted by molar-refractivity contribution is 5.98. The van der Waals surface area contributed by atoms with Crippen molar-refractivity contribution >= 4 is 12.1 Å². The number of hydrogen-bond donors (Lipinski definition) is 4. The molecule has 1 aromatic heterocycles. The van der Waals surface area contributed by atoms with Crippen molar-refractivity contribution in [3.63, 3.8) is 0 Å². The van der Waals surface area contributed by atoms with Crippen LogP contribution in [0.1, 0.15) is 28.7 Å². The molecular weight excluding hydrogens is 280 g/mol. The van der Waals surface area contributed by atoms with Gasteiger partial charge in [0.2, 0.25) is 0 Å². The second kappa shape index (κ2) is 4.12. The number of nitrogens with two attached hydrogens (primary N) is 1. The number of carbonyl (C=O) groups is 1. The second-order valence-corrected chi connectivity index (χ2v) is 5.72. The van der Waals surface area contributed by atoms with Crippen LogP contribution >= 0.6 is 0 Å². The Morgan fingerprint density at radius 2 is 2.33 bits per heavy atom. The SMILES string of the molecule is CC12Cc3[nH]nc(C(=O)N/C(C=N)=C/N)c3CC1C2(F)F. The molecule has 1 fully saturated rings. The van der Waals surface area contributed by atoms with Gasteiger partial charge in [0.1, 0.15) is 0 Å². The number of hydrogen-bond acceptors (Lipinski definition) is 4. The molecule has 2 atom stereocenters. The Labute approximate surface area is 119 Å². The monoisotopic (exact) mass is 295 g/mol. The number of allylic oxidation sites excluding steroid dienone is 1. The van der Waals surface area contributed by atoms with Crippen molar-refractivity contribution in [1.29, 1.82) is 5.41 Å². The first-order valence-electron chi connectivity index (χ1n) is 6.52. The van der Waals surface area contributed by atoms with Crippen molar-refractivity contribution in [3.05, 3.63) is 28.8 Å². The summed E-state index contributed by atoms with van der Waals surface area (Å²) in [4.78, 5) is 12.1. The van der Waals surface area contributed by atoms with Crippen molar-refractivity contribution in [3.8, 4) is 0 Å². The van der Waals surface area contributed by atoms with Crippen LogP contribution in [0, 0.1) is 16.7 Å². The van der Waals surface area contributed by atoms with Gasteiger partial charge in [-0.05, 0) is 6.42 Å². The topological polar surface area (TPSA) is 108 Å². The molecule has 5 N–H and O–H groups in total. The van der Waals surface area contributed by atoms with Crippen LogP contribution in [0.5, 0.6) is 0 Å². The minimum absolute atomic E-state index is 0.0935. The first-order valence-corrected chi connectivity index (χ1v) is 6.52. The van der Waals surface area contributed by atoms with Crippen molar-refractivity contribution in [2.45, 2.75) is 25.7 Å². The normalized spacial score (nSPS) is 29.3. The van der Waals surface area contributed by atoms with Crippen LogP contribution < -0.4 is 11.1 Å². The fourth-order valence-corrected chi connectivity index (χ4v) is 3.11. The number of H-pyrrole nitrogens is 1. The molecule has 112 valence electrons. The maximum atomic E-state index is 13.8. The summed E-state index contributed by atoms with van der Waals surface area (Å²) < 4.78 is 27.6. The van der Waals surface area contributed by atoms with Crippen LogP contribution in [-0.2, 0) is 12.8 Å². The predicted molar refractivity (Wildman–Crippen MR) is 71.1 cm³/mol. The summed E-state index contributed by atoms with van der Waals surface area (Å²) in [6, 6.07) is 0. The number of amides is 1. The number of halogens is 2. The molecule has 8 heteroatoms. The molecule has 0 aliphatic heterocycles. The Hall–Kier alpha value is -2.25.